The number of rotatable bonds is 3. The van der Waals surface area contributed by atoms with E-state index in [4.69, 9.17) is 21.1 Å². The molecule has 1 saturated heterocycles. The van der Waals surface area contributed by atoms with Crippen LogP contribution in [0.15, 0.2) is 17.0 Å². The number of nitrogens with one attached hydrogen (secondary N) is 1. The Balaban J connectivity index is 1.89. The van der Waals surface area contributed by atoms with Gasteiger partial charge in [0.05, 0.1) is 22.1 Å². The third kappa shape index (κ3) is 2.90. The maximum absolute atomic E-state index is 12.5. The first-order valence-corrected chi connectivity index (χ1v) is 8.86. The molecule has 7 heteroatoms. The van der Waals surface area contributed by atoms with Crippen molar-refractivity contribution in [2.45, 2.75) is 49.8 Å². The first-order chi connectivity index (χ1) is 9.87. The third-order valence-electron chi connectivity index (χ3n) is 3.91. The van der Waals surface area contributed by atoms with Crippen molar-refractivity contribution in [3.8, 4) is 5.75 Å². The molecular formula is C14H18ClNO4S. The molecule has 5 nitrogen and oxygen atoms in total. The average Bonchev–Trinajstić information content (AvgIpc) is 2.95. The lowest BCUT2D eigenvalue weighted by Crippen LogP contribution is -2.39. The molecule has 21 heavy (non-hydrogen) atoms. The minimum absolute atomic E-state index is 0.0201. The van der Waals surface area contributed by atoms with E-state index in [0.717, 1.165) is 5.56 Å². The number of sulfonamides is 1. The number of hydrogen-bond donors (Lipinski definition) is 1. The van der Waals surface area contributed by atoms with Gasteiger partial charge < -0.3 is 9.47 Å². The van der Waals surface area contributed by atoms with Gasteiger partial charge in [0.2, 0.25) is 10.0 Å². The quantitative estimate of drug-likeness (QED) is 0.921. The van der Waals surface area contributed by atoms with Crippen molar-refractivity contribution in [1.82, 2.24) is 4.72 Å². The fourth-order valence-electron chi connectivity index (χ4n) is 2.77. The van der Waals surface area contributed by atoms with Crippen LogP contribution in [0.1, 0.15) is 25.8 Å². The summed E-state index contributed by atoms with van der Waals surface area (Å²) in [5, 5.41) is 0.341. The molecule has 1 aromatic carbocycles. The lowest BCUT2D eigenvalue weighted by Gasteiger charge is -2.16. The summed E-state index contributed by atoms with van der Waals surface area (Å²) in [6.45, 7) is 4.37. The highest BCUT2D eigenvalue weighted by atomic mass is 35.5. The van der Waals surface area contributed by atoms with Crippen LogP contribution in [0.3, 0.4) is 0 Å². The Morgan fingerprint density at radius 1 is 1.33 bits per heavy atom. The molecule has 0 aliphatic carbocycles. The summed E-state index contributed by atoms with van der Waals surface area (Å²) in [7, 11) is -3.61. The highest BCUT2D eigenvalue weighted by molar-refractivity contribution is 7.89. The van der Waals surface area contributed by atoms with Gasteiger partial charge in [-0.2, -0.15) is 0 Å². The predicted octanol–water partition coefficient (Wildman–Crippen LogP) is 2.12. The predicted molar refractivity (Wildman–Crippen MR) is 79.4 cm³/mol. The lowest BCUT2D eigenvalue weighted by molar-refractivity contribution is 0.117. The van der Waals surface area contributed by atoms with Gasteiger partial charge in [-0.05, 0) is 32.4 Å². The van der Waals surface area contributed by atoms with Crippen molar-refractivity contribution in [1.29, 1.82) is 0 Å². The van der Waals surface area contributed by atoms with Crippen LogP contribution < -0.4 is 9.46 Å². The summed E-state index contributed by atoms with van der Waals surface area (Å²) in [4.78, 5) is 0.183. The first-order valence-electron chi connectivity index (χ1n) is 7.00. The number of benzene rings is 1. The fourth-order valence-corrected chi connectivity index (χ4v) is 4.53. The molecule has 0 unspecified atom stereocenters. The van der Waals surface area contributed by atoms with Crippen LogP contribution in [0.25, 0.3) is 0 Å². The van der Waals surface area contributed by atoms with Gasteiger partial charge in [-0.15, -0.1) is 0 Å². The smallest absolute Gasteiger partial charge is 0.240 e. The van der Waals surface area contributed by atoms with Gasteiger partial charge in [0, 0.05) is 18.6 Å². The zero-order chi connectivity index (χ0) is 15.2. The molecule has 3 atom stereocenters. The Bertz CT molecular complexity index is 661. The number of fused-ring (bicyclic) bond motifs is 1. The summed E-state index contributed by atoms with van der Waals surface area (Å²) in [5.74, 6) is 0.598. The molecule has 0 aromatic heterocycles. The molecule has 0 radical (unpaired) electrons. The molecule has 0 bridgehead atoms. The molecule has 1 fully saturated rings. The Hall–Kier alpha value is -0.820. The summed E-state index contributed by atoms with van der Waals surface area (Å²) in [6.07, 6.45) is 1.25. The second kappa shape index (κ2) is 5.43. The van der Waals surface area contributed by atoms with E-state index in [0.29, 0.717) is 30.2 Å². The van der Waals surface area contributed by atoms with Crippen molar-refractivity contribution in [2.24, 2.45) is 0 Å². The van der Waals surface area contributed by atoms with Crippen LogP contribution in [0.2, 0.25) is 5.02 Å². The average molecular weight is 332 g/mol. The topological polar surface area (TPSA) is 64.6 Å². The van der Waals surface area contributed by atoms with Crippen molar-refractivity contribution < 1.29 is 17.9 Å². The van der Waals surface area contributed by atoms with Crippen LogP contribution >= 0.6 is 11.6 Å². The van der Waals surface area contributed by atoms with Gasteiger partial charge in [0.15, 0.2) is 0 Å². The fraction of sp³-hybridized carbons (Fsp3) is 0.571. The van der Waals surface area contributed by atoms with E-state index in [1.165, 1.54) is 6.07 Å². The molecule has 0 saturated carbocycles. The highest BCUT2D eigenvalue weighted by Crippen LogP contribution is 2.38. The first kappa shape index (κ1) is 15.1. The molecule has 1 aromatic rings. The van der Waals surface area contributed by atoms with Crippen molar-refractivity contribution in [3.05, 3.63) is 22.7 Å². The monoisotopic (exact) mass is 331 g/mol. The molecule has 0 spiro atoms. The number of ether oxygens (including phenoxy) is 2. The summed E-state index contributed by atoms with van der Waals surface area (Å²) in [5.41, 5.74) is 0.839. The van der Waals surface area contributed by atoms with Crippen molar-refractivity contribution in [3.63, 3.8) is 0 Å². The van der Waals surface area contributed by atoms with Crippen LogP contribution in [-0.2, 0) is 21.2 Å². The number of hydrogen-bond acceptors (Lipinski definition) is 4. The van der Waals surface area contributed by atoms with Crippen LogP contribution in [0.5, 0.6) is 5.75 Å². The van der Waals surface area contributed by atoms with E-state index in [1.807, 2.05) is 13.8 Å². The molecule has 116 valence electrons. The Morgan fingerprint density at radius 3 is 2.76 bits per heavy atom. The largest absolute Gasteiger partial charge is 0.489 e. The second-order valence-corrected chi connectivity index (χ2v) is 7.74. The zero-order valence-corrected chi connectivity index (χ0v) is 13.5. The van der Waals surface area contributed by atoms with Crippen LogP contribution in [-0.4, -0.2) is 33.3 Å². The molecular weight excluding hydrogens is 314 g/mol. The molecule has 2 heterocycles. The summed E-state index contributed by atoms with van der Waals surface area (Å²) in [6, 6.07) is 2.89. The van der Waals surface area contributed by atoms with Gasteiger partial charge in [0.25, 0.3) is 0 Å². The summed E-state index contributed by atoms with van der Waals surface area (Å²) >= 11 is 6.15. The van der Waals surface area contributed by atoms with E-state index >= 15 is 0 Å². The minimum Gasteiger partial charge on any atom is -0.489 e. The van der Waals surface area contributed by atoms with E-state index in [1.54, 1.807) is 6.07 Å². The molecule has 1 N–H and O–H groups in total. The Labute approximate surface area is 129 Å². The summed E-state index contributed by atoms with van der Waals surface area (Å²) < 4.78 is 38.7. The molecule has 3 rings (SSSR count). The Morgan fingerprint density at radius 2 is 2.10 bits per heavy atom. The maximum atomic E-state index is 12.5. The van der Waals surface area contributed by atoms with E-state index in [9.17, 15) is 8.42 Å². The van der Waals surface area contributed by atoms with Gasteiger partial charge in [-0.3, -0.25) is 0 Å². The molecule has 0 amide bonds. The Kier molecular flexibility index (Phi) is 3.90. The second-order valence-electron chi connectivity index (χ2n) is 5.62. The van der Waals surface area contributed by atoms with Crippen LogP contribution in [0.4, 0.5) is 0 Å². The van der Waals surface area contributed by atoms with E-state index < -0.39 is 10.0 Å². The van der Waals surface area contributed by atoms with E-state index in [-0.39, 0.29) is 23.1 Å². The lowest BCUT2D eigenvalue weighted by atomic mass is 10.1. The normalized spacial score (nSPS) is 28.4. The maximum Gasteiger partial charge on any atom is 0.240 e. The van der Waals surface area contributed by atoms with Gasteiger partial charge in [-0.1, -0.05) is 11.6 Å². The van der Waals surface area contributed by atoms with Gasteiger partial charge in [-0.25, -0.2) is 13.1 Å². The third-order valence-corrected chi connectivity index (χ3v) is 5.66. The SMILES string of the molecule is C[C@@H]1Cc2cc(S(=O)(=O)N[C@H]3CCO[C@@H]3C)cc(Cl)c2O1. The zero-order valence-electron chi connectivity index (χ0n) is 11.9. The standard InChI is InChI=1S/C14H18ClNO4S/c1-8-5-10-6-11(7-12(15)14(10)20-8)21(17,18)16-13-3-4-19-9(13)2/h6-9,13,16H,3-5H2,1-2H3/t8-,9-,13+/m1/s1. The van der Waals surface area contributed by atoms with Crippen LogP contribution in [0, 0.1) is 0 Å². The van der Waals surface area contributed by atoms with Gasteiger partial charge >= 0.3 is 0 Å². The van der Waals surface area contributed by atoms with Crippen molar-refractivity contribution in [2.75, 3.05) is 6.61 Å². The van der Waals surface area contributed by atoms with Gasteiger partial charge in [0.1, 0.15) is 11.9 Å². The molecule has 2 aliphatic heterocycles. The van der Waals surface area contributed by atoms with E-state index in [2.05, 4.69) is 4.72 Å². The highest BCUT2D eigenvalue weighted by Gasteiger charge is 2.31. The molecule has 2 aliphatic rings. The number of halogens is 1. The minimum atomic E-state index is -3.61. The van der Waals surface area contributed by atoms with Crippen molar-refractivity contribution >= 4 is 21.6 Å².